The molecule has 0 aliphatic heterocycles. The first-order chi connectivity index (χ1) is 6.27. The van der Waals surface area contributed by atoms with Crippen LogP contribution in [0.25, 0.3) is 10.4 Å². The van der Waals surface area contributed by atoms with Gasteiger partial charge in [0.2, 0.25) is 0 Å². The molecule has 0 bridgehead atoms. The largest absolute Gasteiger partial charge is 0.382 e. The molecule has 2 heterocycles. The Morgan fingerprint density at radius 3 is 2.54 bits per heavy atom. The molecule has 0 atom stereocenters. The van der Waals surface area contributed by atoms with Gasteiger partial charge >= 0.3 is 0 Å². The second-order valence-electron chi connectivity index (χ2n) is 2.68. The summed E-state index contributed by atoms with van der Waals surface area (Å²) >= 11 is 1.60. The van der Waals surface area contributed by atoms with Gasteiger partial charge in [-0.3, -0.25) is 4.98 Å². The number of nitrogens with two attached hydrogens (primary N) is 1. The van der Waals surface area contributed by atoms with Gasteiger partial charge in [0.1, 0.15) is 5.82 Å². The molecule has 66 valence electrons. The predicted octanol–water partition coefficient (Wildman–Crippen LogP) is 2.10. The minimum atomic E-state index is 0.605. The fraction of sp³-hybridized carbons (Fsp3) is 0.111. The summed E-state index contributed by atoms with van der Waals surface area (Å²) in [5.41, 5.74) is 6.83. The molecule has 0 spiro atoms. The Hall–Kier alpha value is -1.42. The average molecular weight is 191 g/mol. The van der Waals surface area contributed by atoms with Crippen LogP contribution in [0.15, 0.2) is 24.5 Å². The molecule has 0 radical (unpaired) electrons. The first-order valence-corrected chi connectivity index (χ1v) is 4.72. The van der Waals surface area contributed by atoms with Crippen molar-refractivity contribution in [3.05, 3.63) is 29.5 Å². The molecule has 0 amide bonds. The van der Waals surface area contributed by atoms with Crippen molar-refractivity contribution in [2.24, 2.45) is 0 Å². The summed E-state index contributed by atoms with van der Waals surface area (Å²) < 4.78 is 0. The van der Waals surface area contributed by atoms with Crippen LogP contribution >= 0.6 is 11.3 Å². The lowest BCUT2D eigenvalue weighted by atomic mass is 10.2. The van der Waals surface area contributed by atoms with Crippen LogP contribution in [-0.4, -0.2) is 9.97 Å². The number of hydrogen-bond acceptors (Lipinski definition) is 4. The third kappa shape index (κ3) is 1.53. The van der Waals surface area contributed by atoms with E-state index < -0.39 is 0 Å². The van der Waals surface area contributed by atoms with Gasteiger partial charge in [-0.05, 0) is 24.6 Å². The zero-order valence-corrected chi connectivity index (χ0v) is 8.01. The molecular weight excluding hydrogens is 182 g/mol. The normalized spacial score (nSPS) is 10.2. The third-order valence-electron chi connectivity index (χ3n) is 1.70. The molecule has 2 N–H and O–H groups in total. The topological polar surface area (TPSA) is 51.8 Å². The summed E-state index contributed by atoms with van der Waals surface area (Å²) in [6.07, 6.45) is 3.51. The summed E-state index contributed by atoms with van der Waals surface area (Å²) in [6.45, 7) is 1.95. The molecule has 0 aromatic carbocycles. The lowest BCUT2D eigenvalue weighted by Gasteiger charge is -1.95. The summed E-state index contributed by atoms with van der Waals surface area (Å²) in [7, 11) is 0. The van der Waals surface area contributed by atoms with Crippen molar-refractivity contribution < 1.29 is 0 Å². The van der Waals surface area contributed by atoms with Gasteiger partial charge < -0.3 is 5.73 Å². The van der Waals surface area contributed by atoms with Gasteiger partial charge in [-0.15, -0.1) is 11.3 Å². The fourth-order valence-corrected chi connectivity index (χ4v) is 2.00. The number of hydrogen-bond donors (Lipinski definition) is 1. The monoisotopic (exact) mass is 191 g/mol. The van der Waals surface area contributed by atoms with Crippen LogP contribution in [0, 0.1) is 6.92 Å². The minimum absolute atomic E-state index is 0.605. The maximum atomic E-state index is 5.75. The molecule has 13 heavy (non-hydrogen) atoms. The SMILES string of the molecule is Cc1nc(N)c(-c2ccncc2)s1. The van der Waals surface area contributed by atoms with E-state index in [0.717, 1.165) is 15.4 Å². The Labute approximate surface area is 80.3 Å². The van der Waals surface area contributed by atoms with Crippen LogP contribution < -0.4 is 5.73 Å². The van der Waals surface area contributed by atoms with Gasteiger partial charge in [-0.2, -0.15) is 0 Å². The summed E-state index contributed by atoms with van der Waals surface area (Å²) in [6, 6.07) is 3.87. The zero-order valence-electron chi connectivity index (χ0n) is 7.19. The fourth-order valence-electron chi connectivity index (χ4n) is 1.15. The van der Waals surface area contributed by atoms with E-state index in [9.17, 15) is 0 Å². The Bertz CT molecular complexity index is 408. The van der Waals surface area contributed by atoms with Crippen molar-refractivity contribution in [2.45, 2.75) is 6.92 Å². The van der Waals surface area contributed by atoms with Crippen LogP contribution in [-0.2, 0) is 0 Å². The van der Waals surface area contributed by atoms with E-state index in [-0.39, 0.29) is 0 Å². The number of thiazole rings is 1. The smallest absolute Gasteiger partial charge is 0.142 e. The first-order valence-electron chi connectivity index (χ1n) is 3.90. The highest BCUT2D eigenvalue weighted by molar-refractivity contribution is 7.15. The van der Waals surface area contributed by atoms with E-state index in [1.807, 2.05) is 19.1 Å². The lowest BCUT2D eigenvalue weighted by Crippen LogP contribution is -1.87. The molecule has 0 aliphatic rings. The zero-order chi connectivity index (χ0) is 9.26. The Kier molecular flexibility index (Phi) is 1.98. The highest BCUT2D eigenvalue weighted by Crippen LogP contribution is 2.30. The van der Waals surface area contributed by atoms with E-state index in [4.69, 9.17) is 5.73 Å². The molecule has 4 heteroatoms. The second kappa shape index (κ2) is 3.14. The number of rotatable bonds is 1. The van der Waals surface area contributed by atoms with Crippen molar-refractivity contribution in [1.82, 2.24) is 9.97 Å². The van der Waals surface area contributed by atoms with Gasteiger partial charge in [-0.25, -0.2) is 4.98 Å². The standard InChI is InChI=1S/C9H9N3S/c1-6-12-9(10)8(13-6)7-2-4-11-5-3-7/h2-5H,10H2,1H3. The van der Waals surface area contributed by atoms with Gasteiger partial charge in [0, 0.05) is 12.4 Å². The Morgan fingerprint density at radius 1 is 1.31 bits per heavy atom. The number of nitrogen functional groups attached to an aromatic ring is 1. The third-order valence-corrected chi connectivity index (χ3v) is 2.74. The molecule has 0 saturated carbocycles. The highest BCUT2D eigenvalue weighted by atomic mass is 32.1. The average Bonchev–Trinajstić information content (AvgIpc) is 2.47. The molecule has 0 aliphatic carbocycles. The van der Waals surface area contributed by atoms with Gasteiger partial charge in [0.15, 0.2) is 0 Å². The van der Waals surface area contributed by atoms with Gasteiger partial charge in [0.25, 0.3) is 0 Å². The molecular formula is C9H9N3S. The minimum Gasteiger partial charge on any atom is -0.382 e. The van der Waals surface area contributed by atoms with E-state index in [0.29, 0.717) is 5.82 Å². The number of pyridine rings is 1. The summed E-state index contributed by atoms with van der Waals surface area (Å²) in [4.78, 5) is 9.14. The van der Waals surface area contributed by atoms with Crippen LogP contribution in [0.1, 0.15) is 5.01 Å². The second-order valence-corrected chi connectivity index (χ2v) is 3.89. The van der Waals surface area contributed by atoms with Crippen molar-refractivity contribution in [2.75, 3.05) is 5.73 Å². The number of nitrogens with zero attached hydrogens (tertiary/aromatic N) is 2. The van der Waals surface area contributed by atoms with Crippen LogP contribution in [0.2, 0.25) is 0 Å². The van der Waals surface area contributed by atoms with E-state index in [1.165, 1.54) is 0 Å². The summed E-state index contributed by atoms with van der Waals surface area (Å²) in [5, 5.41) is 0.990. The van der Waals surface area contributed by atoms with Crippen LogP contribution in [0.4, 0.5) is 5.82 Å². The van der Waals surface area contributed by atoms with Crippen LogP contribution in [0.5, 0.6) is 0 Å². The Balaban J connectivity index is 2.53. The van der Waals surface area contributed by atoms with Crippen molar-refractivity contribution in [3.63, 3.8) is 0 Å². The molecule has 0 fully saturated rings. The molecule has 0 unspecified atom stereocenters. The quantitative estimate of drug-likeness (QED) is 0.751. The highest BCUT2D eigenvalue weighted by Gasteiger charge is 2.06. The number of anilines is 1. The Morgan fingerprint density at radius 2 is 2.00 bits per heavy atom. The van der Waals surface area contributed by atoms with Crippen molar-refractivity contribution >= 4 is 17.2 Å². The molecule has 0 saturated heterocycles. The van der Waals surface area contributed by atoms with Crippen molar-refractivity contribution in [1.29, 1.82) is 0 Å². The summed E-state index contributed by atoms with van der Waals surface area (Å²) in [5.74, 6) is 0.605. The van der Waals surface area contributed by atoms with E-state index in [2.05, 4.69) is 9.97 Å². The van der Waals surface area contributed by atoms with Gasteiger partial charge in [-0.1, -0.05) is 0 Å². The van der Waals surface area contributed by atoms with E-state index >= 15 is 0 Å². The predicted molar refractivity (Wildman–Crippen MR) is 54.5 cm³/mol. The maximum Gasteiger partial charge on any atom is 0.142 e. The van der Waals surface area contributed by atoms with E-state index in [1.54, 1.807) is 23.7 Å². The number of aromatic nitrogens is 2. The number of aryl methyl sites for hydroxylation is 1. The molecule has 2 aromatic rings. The van der Waals surface area contributed by atoms with Crippen LogP contribution in [0.3, 0.4) is 0 Å². The maximum absolute atomic E-state index is 5.75. The molecule has 3 nitrogen and oxygen atoms in total. The molecule has 2 aromatic heterocycles. The van der Waals surface area contributed by atoms with Gasteiger partial charge in [0.05, 0.1) is 9.88 Å². The van der Waals surface area contributed by atoms with Crippen molar-refractivity contribution in [3.8, 4) is 10.4 Å². The first kappa shape index (κ1) is 8.19. The lowest BCUT2D eigenvalue weighted by molar-refractivity contribution is 1.30. The molecule has 2 rings (SSSR count).